The molecule has 9 nitrogen and oxygen atoms in total. The van der Waals surface area contributed by atoms with Crippen LogP contribution in [0, 0.1) is 0 Å². The zero-order chi connectivity index (χ0) is 25.0. The van der Waals surface area contributed by atoms with Crippen molar-refractivity contribution in [2.24, 2.45) is 0 Å². The Morgan fingerprint density at radius 3 is 2.34 bits per heavy atom. The molecule has 0 bridgehead atoms. The first-order valence-corrected chi connectivity index (χ1v) is 11.8. The van der Waals surface area contributed by atoms with Gasteiger partial charge in [0, 0.05) is 5.56 Å². The van der Waals surface area contributed by atoms with Gasteiger partial charge in [-0.15, -0.1) is 0 Å². The number of carbonyl (C=O) groups is 2. The molecule has 0 aromatic heterocycles. The first kappa shape index (κ1) is 26.0. The Morgan fingerprint density at radius 1 is 1.03 bits per heavy atom. The number of fused-ring (bicyclic) bond motifs is 1. The summed E-state index contributed by atoms with van der Waals surface area (Å²) >= 11 is 16.9. The summed E-state index contributed by atoms with van der Waals surface area (Å²) in [5.41, 5.74) is 0.993. The van der Waals surface area contributed by atoms with Crippen molar-refractivity contribution in [2.75, 3.05) is 13.2 Å². The van der Waals surface area contributed by atoms with E-state index < -0.39 is 59.4 Å². The van der Waals surface area contributed by atoms with Gasteiger partial charge in [0.05, 0.1) is 12.2 Å². The molecule has 4 rings (SSSR count). The molecule has 0 unspecified atom stereocenters. The Kier molecular flexibility index (Phi) is 8.38. The molecule has 2 aliphatic heterocycles. The fraction of sp³-hybridized carbons (Fsp3) is 0.391. The van der Waals surface area contributed by atoms with Gasteiger partial charge in [-0.3, -0.25) is 0 Å². The molecule has 2 fully saturated rings. The maximum atomic E-state index is 12.7. The van der Waals surface area contributed by atoms with E-state index in [9.17, 15) is 14.7 Å². The van der Waals surface area contributed by atoms with Crippen LogP contribution in [0.2, 0.25) is 0 Å². The fourth-order valence-corrected chi connectivity index (χ4v) is 3.86. The number of alkyl carbamates (subject to hydrolysis) is 1. The lowest BCUT2D eigenvalue weighted by atomic mass is 9.95. The molecule has 2 heterocycles. The number of ether oxygens (including phenoxy) is 5. The van der Waals surface area contributed by atoms with Crippen LogP contribution in [-0.2, 0) is 23.7 Å². The van der Waals surface area contributed by atoms with Crippen molar-refractivity contribution in [3.63, 3.8) is 0 Å². The van der Waals surface area contributed by atoms with Crippen molar-refractivity contribution in [3.05, 3.63) is 71.8 Å². The summed E-state index contributed by atoms with van der Waals surface area (Å²) in [5.74, 6) is -0.720. The van der Waals surface area contributed by atoms with Gasteiger partial charge in [-0.05, 0) is 12.1 Å². The van der Waals surface area contributed by atoms with Gasteiger partial charge < -0.3 is 34.1 Å². The number of aliphatic hydroxyl groups is 1. The lowest BCUT2D eigenvalue weighted by Crippen LogP contribution is -2.67. The highest BCUT2D eigenvalue weighted by Crippen LogP contribution is 2.35. The number of amides is 1. The summed E-state index contributed by atoms with van der Waals surface area (Å²) < 4.78 is 26.2. The molecule has 35 heavy (non-hydrogen) atoms. The second kappa shape index (κ2) is 11.3. The predicted octanol–water partition coefficient (Wildman–Crippen LogP) is 3.51. The summed E-state index contributed by atoms with van der Waals surface area (Å²) in [6.45, 7) is -0.501. The van der Waals surface area contributed by atoms with Crippen LogP contribution in [0.3, 0.4) is 0 Å². The number of halogens is 3. The van der Waals surface area contributed by atoms with Gasteiger partial charge in [0.1, 0.15) is 31.0 Å². The number of alkyl halides is 3. The molecule has 1 amide bonds. The molecular formula is C23H22Cl3NO8. The molecule has 12 heteroatoms. The van der Waals surface area contributed by atoms with Crippen LogP contribution in [0.1, 0.15) is 22.2 Å². The van der Waals surface area contributed by atoms with Crippen molar-refractivity contribution in [1.29, 1.82) is 0 Å². The lowest BCUT2D eigenvalue weighted by Gasteiger charge is -2.47. The molecule has 0 saturated carbocycles. The Bertz CT molecular complexity index is 1010. The zero-order valence-electron chi connectivity index (χ0n) is 18.1. The highest BCUT2D eigenvalue weighted by atomic mass is 35.6. The normalized spacial score (nSPS) is 28.5. The van der Waals surface area contributed by atoms with Crippen molar-refractivity contribution in [2.45, 2.75) is 40.7 Å². The van der Waals surface area contributed by atoms with E-state index in [4.69, 9.17) is 58.5 Å². The van der Waals surface area contributed by atoms with E-state index in [0.29, 0.717) is 0 Å². The van der Waals surface area contributed by atoms with E-state index in [-0.39, 0.29) is 12.2 Å². The lowest BCUT2D eigenvalue weighted by molar-refractivity contribution is -0.336. The van der Waals surface area contributed by atoms with Crippen LogP contribution in [0.25, 0.3) is 0 Å². The standard InChI is InChI=1S/C23H22Cl3NO8/c24-23(25,26)12-32-22(30)27-16-17(28)18-15(11-31-20(34-18)14-9-5-2-6-10-14)33-21(16)35-19(29)13-7-3-1-4-8-13/h1-10,15-18,20-21,28H,11-12H2,(H,27,30)/t15-,16-,17-,18-,20-,21+/m1/s1. The minimum absolute atomic E-state index is 0.0467. The predicted molar refractivity (Wildman–Crippen MR) is 125 cm³/mol. The van der Waals surface area contributed by atoms with E-state index in [1.54, 1.807) is 30.3 Å². The van der Waals surface area contributed by atoms with Crippen LogP contribution in [-0.4, -0.2) is 64.8 Å². The molecule has 0 aliphatic carbocycles. The number of carbonyl (C=O) groups excluding carboxylic acids is 2. The quantitative estimate of drug-likeness (QED) is 0.433. The summed E-state index contributed by atoms with van der Waals surface area (Å²) in [6.07, 6.45) is -6.24. The molecule has 0 spiro atoms. The van der Waals surface area contributed by atoms with Crippen LogP contribution >= 0.6 is 34.8 Å². The minimum atomic E-state index is -1.84. The van der Waals surface area contributed by atoms with Gasteiger partial charge in [0.15, 0.2) is 6.29 Å². The number of hydrogen-bond acceptors (Lipinski definition) is 8. The molecule has 6 atom stereocenters. The molecule has 2 saturated heterocycles. The van der Waals surface area contributed by atoms with Crippen LogP contribution < -0.4 is 5.32 Å². The van der Waals surface area contributed by atoms with Crippen LogP contribution in [0.5, 0.6) is 0 Å². The largest absolute Gasteiger partial charge is 0.445 e. The molecular weight excluding hydrogens is 525 g/mol. The highest BCUT2D eigenvalue weighted by molar-refractivity contribution is 6.67. The maximum Gasteiger partial charge on any atom is 0.407 e. The average molecular weight is 547 g/mol. The Morgan fingerprint density at radius 2 is 1.69 bits per heavy atom. The molecule has 188 valence electrons. The second-order valence-electron chi connectivity index (χ2n) is 7.84. The first-order chi connectivity index (χ1) is 16.7. The fourth-order valence-electron chi connectivity index (χ4n) is 3.70. The van der Waals surface area contributed by atoms with E-state index in [1.165, 1.54) is 0 Å². The minimum Gasteiger partial charge on any atom is -0.445 e. The molecule has 2 aliphatic rings. The van der Waals surface area contributed by atoms with Crippen molar-refractivity contribution < 1.29 is 38.4 Å². The smallest absolute Gasteiger partial charge is 0.407 e. The van der Waals surface area contributed by atoms with Gasteiger partial charge in [-0.1, -0.05) is 83.3 Å². The van der Waals surface area contributed by atoms with Crippen molar-refractivity contribution in [1.82, 2.24) is 5.32 Å². The molecule has 2 aromatic rings. The molecule has 0 radical (unpaired) electrons. The summed E-state index contributed by atoms with van der Waals surface area (Å²) in [7, 11) is 0. The van der Waals surface area contributed by atoms with Crippen LogP contribution in [0.4, 0.5) is 4.79 Å². The van der Waals surface area contributed by atoms with Crippen LogP contribution in [0.15, 0.2) is 60.7 Å². The third-order valence-corrected chi connectivity index (χ3v) is 5.65. The van der Waals surface area contributed by atoms with Gasteiger partial charge >= 0.3 is 12.1 Å². The topological polar surface area (TPSA) is 113 Å². The van der Waals surface area contributed by atoms with Crippen molar-refractivity contribution in [3.8, 4) is 0 Å². The third kappa shape index (κ3) is 6.77. The molecule has 2 N–H and O–H groups in total. The number of hydrogen-bond donors (Lipinski definition) is 2. The zero-order valence-corrected chi connectivity index (χ0v) is 20.4. The third-order valence-electron chi connectivity index (χ3n) is 5.32. The molecule has 2 aromatic carbocycles. The van der Waals surface area contributed by atoms with Gasteiger partial charge in [0.2, 0.25) is 10.1 Å². The van der Waals surface area contributed by atoms with E-state index in [1.807, 2.05) is 30.3 Å². The summed E-state index contributed by atoms with van der Waals surface area (Å²) in [6, 6.07) is 16.1. The van der Waals surface area contributed by atoms with E-state index in [0.717, 1.165) is 5.56 Å². The van der Waals surface area contributed by atoms with Crippen molar-refractivity contribution >= 4 is 46.9 Å². The SMILES string of the molecule is O=C(N[C@H]1[C@H](OC(=O)c2ccccc2)O[C@@H]2CO[C@@H](c3ccccc3)O[C@H]2[C@@H]1O)OCC(Cl)(Cl)Cl. The van der Waals surface area contributed by atoms with E-state index in [2.05, 4.69) is 5.32 Å². The summed E-state index contributed by atoms with van der Waals surface area (Å²) in [4.78, 5) is 25.0. The first-order valence-electron chi connectivity index (χ1n) is 10.6. The highest BCUT2D eigenvalue weighted by Gasteiger charge is 2.51. The Hall–Kier alpha value is -2.11. The number of esters is 1. The number of aliphatic hydroxyl groups excluding tert-OH is 1. The number of benzene rings is 2. The van der Waals surface area contributed by atoms with Gasteiger partial charge in [-0.2, -0.15) is 0 Å². The summed E-state index contributed by atoms with van der Waals surface area (Å²) in [5, 5.41) is 13.6. The monoisotopic (exact) mass is 545 g/mol. The van der Waals surface area contributed by atoms with E-state index >= 15 is 0 Å². The number of nitrogens with one attached hydrogen (secondary N) is 1. The Labute approximate surface area is 216 Å². The second-order valence-corrected chi connectivity index (χ2v) is 10.4. The maximum absolute atomic E-state index is 12.7. The number of rotatable bonds is 5. The Balaban J connectivity index is 1.51. The average Bonchev–Trinajstić information content (AvgIpc) is 2.85. The van der Waals surface area contributed by atoms with Gasteiger partial charge in [0.25, 0.3) is 0 Å². The van der Waals surface area contributed by atoms with Gasteiger partial charge in [-0.25, -0.2) is 9.59 Å².